The Balaban J connectivity index is 1.67. The normalized spacial score (nSPS) is 20.8. The molecule has 2 aromatic rings. The lowest BCUT2D eigenvalue weighted by Gasteiger charge is -2.22. The number of halogens is 1. The van der Waals surface area contributed by atoms with Gasteiger partial charge in [0, 0.05) is 41.0 Å². The monoisotopic (exact) mass is 387 g/mol. The highest BCUT2D eigenvalue weighted by molar-refractivity contribution is 9.10. The maximum Gasteiger partial charge on any atom is 0.132 e. The molecule has 1 aromatic carbocycles. The second kappa shape index (κ2) is 7.03. The highest BCUT2D eigenvalue weighted by Gasteiger charge is 2.24. The first-order valence-corrected chi connectivity index (χ1v) is 10.3. The number of carbonyl (C=O) groups is 1. The fraction of sp³-hybridized carbons (Fsp3) is 0.571. The van der Waals surface area contributed by atoms with Crippen LogP contribution in [-0.4, -0.2) is 10.4 Å². The van der Waals surface area contributed by atoms with E-state index in [-0.39, 0.29) is 0 Å². The summed E-state index contributed by atoms with van der Waals surface area (Å²) in [6.45, 7) is 1.16. The molecule has 2 aliphatic carbocycles. The van der Waals surface area contributed by atoms with Crippen LogP contribution in [0.2, 0.25) is 0 Å². The minimum absolute atomic E-state index is 0.443. The molecule has 2 aliphatic rings. The van der Waals surface area contributed by atoms with Crippen molar-refractivity contribution in [2.45, 2.75) is 70.3 Å². The maximum atomic E-state index is 11.6. The van der Waals surface area contributed by atoms with Crippen molar-refractivity contribution in [3.05, 3.63) is 34.4 Å². The minimum atomic E-state index is 0.443. The number of benzene rings is 1. The Labute approximate surface area is 152 Å². The average Bonchev–Trinajstić information content (AvgIpc) is 2.94. The molecule has 0 radical (unpaired) electrons. The van der Waals surface area contributed by atoms with Crippen molar-refractivity contribution < 1.29 is 4.79 Å². The fourth-order valence-electron chi connectivity index (χ4n) is 4.67. The lowest BCUT2D eigenvalue weighted by molar-refractivity contribution is -0.120. The van der Waals surface area contributed by atoms with Crippen molar-refractivity contribution in [3.8, 4) is 0 Å². The molecule has 0 aliphatic heterocycles. The summed E-state index contributed by atoms with van der Waals surface area (Å²) in [7, 11) is 0. The minimum Gasteiger partial charge on any atom is -0.347 e. The summed E-state index contributed by atoms with van der Waals surface area (Å²) in [5.74, 6) is 1.82. The summed E-state index contributed by atoms with van der Waals surface area (Å²) in [6, 6.07) is 6.70. The smallest absolute Gasteiger partial charge is 0.132 e. The Hall–Kier alpha value is -1.09. The summed E-state index contributed by atoms with van der Waals surface area (Å²) in [5.41, 5.74) is 2.84. The Morgan fingerprint density at radius 1 is 1.04 bits per heavy atom. The number of aromatic nitrogens is 1. The molecule has 0 unspecified atom stereocenters. The number of carbonyl (C=O) groups excluding carboxylic acids is 1. The van der Waals surface area contributed by atoms with E-state index >= 15 is 0 Å². The van der Waals surface area contributed by atoms with Crippen LogP contribution in [0.15, 0.2) is 28.9 Å². The molecule has 0 bridgehead atoms. The number of hydrogen-bond donors (Lipinski definition) is 0. The Bertz CT molecular complexity index is 732. The molecule has 0 N–H and O–H groups in total. The molecule has 0 spiro atoms. The quantitative estimate of drug-likeness (QED) is 0.613. The highest BCUT2D eigenvalue weighted by Crippen LogP contribution is 2.38. The highest BCUT2D eigenvalue weighted by atomic mass is 79.9. The van der Waals surface area contributed by atoms with Crippen molar-refractivity contribution in [1.29, 1.82) is 0 Å². The zero-order valence-corrected chi connectivity index (χ0v) is 15.9. The maximum absolute atomic E-state index is 11.6. The summed E-state index contributed by atoms with van der Waals surface area (Å²) in [5, 5.41) is 1.39. The molecular formula is C21H26BrNO. The Morgan fingerprint density at radius 3 is 2.54 bits per heavy atom. The number of rotatable bonds is 3. The van der Waals surface area contributed by atoms with Crippen molar-refractivity contribution in [2.75, 3.05) is 0 Å². The topological polar surface area (TPSA) is 22.0 Å². The third-order valence-electron chi connectivity index (χ3n) is 6.04. The van der Waals surface area contributed by atoms with E-state index in [1.165, 1.54) is 48.6 Å². The third-order valence-corrected chi connectivity index (χ3v) is 6.53. The van der Waals surface area contributed by atoms with Crippen LogP contribution in [0.25, 0.3) is 10.9 Å². The summed E-state index contributed by atoms with van der Waals surface area (Å²) >= 11 is 3.64. The molecule has 2 saturated carbocycles. The second-order valence-electron chi connectivity index (χ2n) is 7.72. The molecule has 2 nitrogen and oxygen atoms in total. The molecule has 24 heavy (non-hydrogen) atoms. The van der Waals surface area contributed by atoms with Gasteiger partial charge < -0.3 is 4.57 Å². The first kappa shape index (κ1) is 16.4. The fourth-order valence-corrected chi connectivity index (χ4v) is 5.03. The zero-order valence-electron chi connectivity index (χ0n) is 14.3. The molecule has 1 aromatic heterocycles. The van der Waals surface area contributed by atoms with Gasteiger partial charge in [-0.1, -0.05) is 35.2 Å². The number of Topliss-reactive ketones (excluding diaryl/α,β-unsaturated/α-hetero) is 1. The van der Waals surface area contributed by atoms with Crippen LogP contribution >= 0.6 is 15.9 Å². The molecule has 0 amide bonds. The molecule has 0 atom stereocenters. The van der Waals surface area contributed by atoms with Gasteiger partial charge in [0.1, 0.15) is 5.78 Å². The van der Waals surface area contributed by atoms with Gasteiger partial charge in [0.2, 0.25) is 0 Å². The SMILES string of the molecule is O=C1CCC(c2cn(CC3CCCCC3)c3ccc(Br)cc23)CC1. The lowest BCUT2D eigenvalue weighted by atomic mass is 9.83. The number of nitrogens with zero attached hydrogens (tertiary/aromatic N) is 1. The predicted molar refractivity (Wildman–Crippen MR) is 102 cm³/mol. The van der Waals surface area contributed by atoms with E-state index in [1.54, 1.807) is 0 Å². The van der Waals surface area contributed by atoms with Gasteiger partial charge >= 0.3 is 0 Å². The van der Waals surface area contributed by atoms with Gasteiger partial charge in [0.05, 0.1) is 0 Å². The number of hydrogen-bond acceptors (Lipinski definition) is 1. The van der Waals surface area contributed by atoms with Crippen LogP contribution in [0.4, 0.5) is 0 Å². The molecular weight excluding hydrogens is 362 g/mol. The van der Waals surface area contributed by atoms with Crippen molar-refractivity contribution in [3.63, 3.8) is 0 Å². The van der Waals surface area contributed by atoms with Crippen molar-refractivity contribution in [1.82, 2.24) is 4.57 Å². The van der Waals surface area contributed by atoms with E-state index in [2.05, 4.69) is 44.9 Å². The largest absolute Gasteiger partial charge is 0.347 e. The standard InChI is InChI=1S/C21H26BrNO/c22-17-8-11-21-19(12-17)20(16-6-9-18(24)10-7-16)14-23(21)13-15-4-2-1-3-5-15/h8,11-12,14-16H,1-7,9-10,13H2. The van der Waals surface area contributed by atoms with E-state index in [4.69, 9.17) is 0 Å². The van der Waals surface area contributed by atoms with Crippen LogP contribution in [0.3, 0.4) is 0 Å². The number of fused-ring (bicyclic) bond motifs is 1. The van der Waals surface area contributed by atoms with E-state index in [9.17, 15) is 4.79 Å². The summed E-state index contributed by atoms with van der Waals surface area (Å²) < 4.78 is 3.65. The second-order valence-corrected chi connectivity index (χ2v) is 8.63. The summed E-state index contributed by atoms with van der Waals surface area (Å²) in [4.78, 5) is 11.6. The van der Waals surface area contributed by atoms with Crippen molar-refractivity contribution >= 4 is 32.6 Å². The van der Waals surface area contributed by atoms with Crippen LogP contribution in [-0.2, 0) is 11.3 Å². The zero-order chi connectivity index (χ0) is 16.5. The van der Waals surface area contributed by atoms with E-state index in [0.717, 1.165) is 42.6 Å². The lowest BCUT2D eigenvalue weighted by Crippen LogP contribution is -2.14. The van der Waals surface area contributed by atoms with Gasteiger partial charge in [0.25, 0.3) is 0 Å². The number of ketones is 1. The van der Waals surface area contributed by atoms with Gasteiger partial charge in [-0.2, -0.15) is 0 Å². The van der Waals surface area contributed by atoms with Gasteiger partial charge in [-0.3, -0.25) is 4.79 Å². The molecule has 2 fully saturated rings. The van der Waals surface area contributed by atoms with Crippen molar-refractivity contribution in [2.24, 2.45) is 5.92 Å². The van der Waals surface area contributed by atoms with Crippen LogP contribution in [0, 0.1) is 5.92 Å². The van der Waals surface area contributed by atoms with Gasteiger partial charge in [-0.15, -0.1) is 0 Å². The molecule has 0 saturated heterocycles. The van der Waals surface area contributed by atoms with Gasteiger partial charge in [-0.05, 0) is 61.3 Å². The molecule has 128 valence electrons. The molecule has 3 heteroatoms. The molecule has 1 heterocycles. The van der Waals surface area contributed by atoms with E-state index in [1.807, 2.05) is 0 Å². The third kappa shape index (κ3) is 3.33. The predicted octanol–water partition coefficient (Wildman–Crippen LogP) is 6.21. The molecule has 4 rings (SSSR count). The first-order valence-electron chi connectivity index (χ1n) is 9.50. The van der Waals surface area contributed by atoms with Gasteiger partial charge in [-0.25, -0.2) is 0 Å². The van der Waals surface area contributed by atoms with E-state index in [0.29, 0.717) is 11.7 Å². The summed E-state index contributed by atoms with van der Waals surface area (Å²) in [6.07, 6.45) is 12.9. The van der Waals surface area contributed by atoms with E-state index < -0.39 is 0 Å². The van der Waals surface area contributed by atoms with Crippen LogP contribution < -0.4 is 0 Å². The van der Waals surface area contributed by atoms with Crippen LogP contribution in [0.5, 0.6) is 0 Å². The Kier molecular flexibility index (Phi) is 4.80. The first-order chi connectivity index (χ1) is 11.7. The van der Waals surface area contributed by atoms with Crippen LogP contribution in [0.1, 0.15) is 69.3 Å². The Morgan fingerprint density at radius 2 is 1.79 bits per heavy atom. The average molecular weight is 388 g/mol. The van der Waals surface area contributed by atoms with Gasteiger partial charge in [0.15, 0.2) is 0 Å².